The van der Waals surface area contributed by atoms with Crippen LogP contribution in [0.5, 0.6) is 0 Å². The molecule has 94 valence electrons. The van der Waals surface area contributed by atoms with Crippen LogP contribution in [0.15, 0.2) is 29.0 Å². The van der Waals surface area contributed by atoms with Crippen LogP contribution in [0.25, 0.3) is 0 Å². The molecule has 0 amide bonds. The van der Waals surface area contributed by atoms with Crippen molar-refractivity contribution in [1.82, 2.24) is 10.1 Å². The van der Waals surface area contributed by atoms with E-state index in [9.17, 15) is 14.5 Å². The molecule has 0 aliphatic carbocycles. The van der Waals surface area contributed by atoms with Gasteiger partial charge in [0.1, 0.15) is 5.82 Å². The van der Waals surface area contributed by atoms with Gasteiger partial charge in [-0.2, -0.15) is 4.98 Å². The maximum absolute atomic E-state index is 13.1. The molecule has 1 N–H and O–H groups in total. The van der Waals surface area contributed by atoms with Crippen molar-refractivity contribution in [2.24, 2.45) is 0 Å². The van der Waals surface area contributed by atoms with Gasteiger partial charge in [0.05, 0.1) is 11.0 Å². The van der Waals surface area contributed by atoms with Gasteiger partial charge in [-0.1, -0.05) is 5.16 Å². The SMILES string of the molecule is O=[N+]([O-])c1cc(F)cc(NCCc2ncno2)c1. The topological polar surface area (TPSA) is 94.1 Å². The number of hydrogen-bond donors (Lipinski definition) is 1. The Bertz CT molecular complexity index is 544. The highest BCUT2D eigenvalue weighted by Crippen LogP contribution is 2.19. The van der Waals surface area contributed by atoms with Gasteiger partial charge in [0.2, 0.25) is 5.89 Å². The maximum atomic E-state index is 13.1. The number of benzene rings is 1. The fourth-order valence-corrected chi connectivity index (χ4v) is 1.40. The lowest BCUT2D eigenvalue weighted by molar-refractivity contribution is -0.385. The van der Waals surface area contributed by atoms with Crippen molar-refractivity contribution in [3.05, 3.63) is 46.3 Å². The van der Waals surface area contributed by atoms with Gasteiger partial charge in [-0.3, -0.25) is 10.1 Å². The Morgan fingerprint density at radius 3 is 2.94 bits per heavy atom. The molecular formula is C10H9FN4O3. The van der Waals surface area contributed by atoms with Crippen LogP contribution in [0.2, 0.25) is 0 Å². The van der Waals surface area contributed by atoms with Gasteiger partial charge in [0.15, 0.2) is 6.33 Å². The molecule has 0 fully saturated rings. The Kier molecular flexibility index (Phi) is 3.46. The highest BCUT2D eigenvalue weighted by atomic mass is 19.1. The first-order valence-corrected chi connectivity index (χ1v) is 5.09. The zero-order valence-corrected chi connectivity index (χ0v) is 9.17. The lowest BCUT2D eigenvalue weighted by Crippen LogP contribution is -2.05. The van der Waals surface area contributed by atoms with E-state index in [0.29, 0.717) is 24.5 Å². The number of halogens is 1. The summed E-state index contributed by atoms with van der Waals surface area (Å²) in [5.41, 5.74) is 0.0384. The van der Waals surface area contributed by atoms with Crippen LogP contribution in [-0.2, 0) is 6.42 Å². The molecule has 8 heteroatoms. The normalized spacial score (nSPS) is 10.3. The first-order chi connectivity index (χ1) is 8.65. The third-order valence-electron chi connectivity index (χ3n) is 2.17. The Hall–Kier alpha value is -2.51. The third kappa shape index (κ3) is 3.00. The van der Waals surface area contributed by atoms with Crippen LogP contribution in [0.3, 0.4) is 0 Å². The van der Waals surface area contributed by atoms with Crippen LogP contribution in [0.4, 0.5) is 15.8 Å². The van der Waals surface area contributed by atoms with E-state index in [1.165, 1.54) is 18.5 Å². The van der Waals surface area contributed by atoms with Crippen molar-refractivity contribution in [2.45, 2.75) is 6.42 Å². The predicted octanol–water partition coefficient (Wildman–Crippen LogP) is 1.77. The van der Waals surface area contributed by atoms with Crippen molar-refractivity contribution >= 4 is 11.4 Å². The summed E-state index contributed by atoms with van der Waals surface area (Å²) >= 11 is 0. The predicted molar refractivity (Wildman–Crippen MR) is 59.5 cm³/mol. The first-order valence-electron chi connectivity index (χ1n) is 5.09. The average Bonchev–Trinajstić information content (AvgIpc) is 2.81. The molecule has 1 heterocycles. The maximum Gasteiger partial charge on any atom is 0.274 e. The average molecular weight is 252 g/mol. The van der Waals surface area contributed by atoms with Gasteiger partial charge in [-0.25, -0.2) is 4.39 Å². The van der Waals surface area contributed by atoms with Crippen LogP contribution in [0, 0.1) is 15.9 Å². The number of non-ortho nitro benzene ring substituents is 1. The molecular weight excluding hydrogens is 243 g/mol. The molecule has 0 aliphatic heterocycles. The zero-order chi connectivity index (χ0) is 13.0. The number of rotatable bonds is 5. The summed E-state index contributed by atoms with van der Waals surface area (Å²) in [6.07, 6.45) is 1.73. The van der Waals surface area contributed by atoms with Crippen molar-refractivity contribution < 1.29 is 13.8 Å². The standard InChI is InChI=1S/C10H9FN4O3/c11-7-3-8(5-9(4-7)15(16)17)12-2-1-10-13-6-14-18-10/h3-6,12H,1-2H2. The molecule has 0 unspecified atom stereocenters. The molecule has 0 bridgehead atoms. The lowest BCUT2D eigenvalue weighted by Gasteiger charge is -2.04. The molecule has 2 rings (SSSR count). The molecule has 1 aromatic heterocycles. The van der Waals surface area contributed by atoms with E-state index in [4.69, 9.17) is 4.52 Å². The lowest BCUT2D eigenvalue weighted by atomic mass is 10.2. The van der Waals surface area contributed by atoms with Gasteiger partial charge < -0.3 is 9.84 Å². The number of nitro benzene ring substituents is 1. The van der Waals surface area contributed by atoms with E-state index in [2.05, 4.69) is 15.5 Å². The molecule has 18 heavy (non-hydrogen) atoms. The van der Waals surface area contributed by atoms with E-state index in [-0.39, 0.29) is 5.69 Å². The number of nitrogens with one attached hydrogen (secondary N) is 1. The van der Waals surface area contributed by atoms with Crippen LogP contribution >= 0.6 is 0 Å². The minimum atomic E-state index is -0.663. The fraction of sp³-hybridized carbons (Fsp3) is 0.200. The van der Waals surface area contributed by atoms with Gasteiger partial charge in [-0.15, -0.1) is 0 Å². The highest BCUT2D eigenvalue weighted by Gasteiger charge is 2.09. The Morgan fingerprint density at radius 1 is 1.44 bits per heavy atom. The van der Waals surface area contributed by atoms with Crippen molar-refractivity contribution in [1.29, 1.82) is 0 Å². The van der Waals surface area contributed by atoms with Gasteiger partial charge in [0, 0.05) is 24.7 Å². The summed E-state index contributed by atoms with van der Waals surface area (Å²) in [4.78, 5) is 13.7. The monoisotopic (exact) mass is 252 g/mol. The van der Waals surface area contributed by atoms with E-state index < -0.39 is 10.7 Å². The summed E-state index contributed by atoms with van der Waals surface area (Å²) in [6.45, 7) is 0.406. The fourth-order valence-electron chi connectivity index (χ4n) is 1.40. The smallest absolute Gasteiger partial charge is 0.274 e. The third-order valence-corrected chi connectivity index (χ3v) is 2.17. The van der Waals surface area contributed by atoms with Gasteiger partial charge in [-0.05, 0) is 6.07 Å². The molecule has 0 radical (unpaired) electrons. The summed E-state index contributed by atoms with van der Waals surface area (Å²) < 4.78 is 17.9. The van der Waals surface area contributed by atoms with Gasteiger partial charge >= 0.3 is 0 Å². The van der Waals surface area contributed by atoms with Crippen molar-refractivity contribution in [3.63, 3.8) is 0 Å². The van der Waals surface area contributed by atoms with E-state index in [1.54, 1.807) is 0 Å². The van der Waals surface area contributed by atoms with Crippen LogP contribution in [0.1, 0.15) is 5.89 Å². The Morgan fingerprint density at radius 2 is 2.28 bits per heavy atom. The summed E-state index contributed by atoms with van der Waals surface area (Å²) in [5.74, 6) is -0.224. The van der Waals surface area contributed by atoms with E-state index >= 15 is 0 Å². The van der Waals surface area contributed by atoms with E-state index in [0.717, 1.165) is 6.07 Å². The Balaban J connectivity index is 1.98. The molecule has 0 saturated heterocycles. The highest BCUT2D eigenvalue weighted by molar-refractivity contribution is 5.51. The largest absolute Gasteiger partial charge is 0.384 e. The summed E-state index contributed by atoms with van der Waals surface area (Å²) in [7, 11) is 0. The van der Waals surface area contributed by atoms with Gasteiger partial charge in [0.25, 0.3) is 5.69 Å². The quantitative estimate of drug-likeness (QED) is 0.643. The molecule has 0 saturated carbocycles. The first kappa shape index (κ1) is 12.0. The van der Waals surface area contributed by atoms with E-state index in [1.807, 2.05) is 0 Å². The molecule has 2 aromatic rings. The van der Waals surface area contributed by atoms with Crippen LogP contribution in [-0.4, -0.2) is 21.6 Å². The van der Waals surface area contributed by atoms with Crippen molar-refractivity contribution in [3.8, 4) is 0 Å². The second-order valence-electron chi connectivity index (χ2n) is 3.47. The molecule has 0 atom stereocenters. The second kappa shape index (κ2) is 5.21. The minimum Gasteiger partial charge on any atom is -0.384 e. The zero-order valence-electron chi connectivity index (χ0n) is 9.17. The number of hydrogen-bond acceptors (Lipinski definition) is 6. The molecule has 0 aliphatic rings. The number of anilines is 1. The molecule has 1 aromatic carbocycles. The Labute approximate surface area is 101 Å². The number of aromatic nitrogens is 2. The van der Waals surface area contributed by atoms with Crippen molar-refractivity contribution in [2.75, 3.05) is 11.9 Å². The number of nitrogens with zero attached hydrogens (tertiary/aromatic N) is 3. The number of nitro groups is 1. The minimum absolute atomic E-state index is 0.296. The summed E-state index contributed by atoms with van der Waals surface area (Å²) in [6, 6.07) is 3.31. The second-order valence-corrected chi connectivity index (χ2v) is 3.47. The summed E-state index contributed by atoms with van der Waals surface area (Å²) in [5, 5.41) is 16.8. The molecule has 0 spiro atoms. The van der Waals surface area contributed by atoms with Crippen LogP contribution < -0.4 is 5.32 Å². The molecule has 7 nitrogen and oxygen atoms in total.